The highest BCUT2D eigenvalue weighted by Crippen LogP contribution is 2.33. The Morgan fingerprint density at radius 1 is 1.17 bits per heavy atom. The zero-order valence-electron chi connectivity index (χ0n) is 9.15. The van der Waals surface area contributed by atoms with Crippen LogP contribution in [0.2, 0.25) is 5.02 Å². The lowest BCUT2D eigenvalue weighted by molar-refractivity contribution is 0.444. The molecule has 0 saturated carbocycles. The quantitative estimate of drug-likeness (QED) is 0.839. The van der Waals surface area contributed by atoms with Crippen molar-refractivity contribution in [1.29, 1.82) is 5.26 Å². The number of nitriles is 1. The highest BCUT2D eigenvalue weighted by molar-refractivity contribution is 6.30. The van der Waals surface area contributed by atoms with E-state index in [0.717, 1.165) is 0 Å². The van der Waals surface area contributed by atoms with Crippen LogP contribution in [0, 0.1) is 17.1 Å². The van der Waals surface area contributed by atoms with Crippen molar-refractivity contribution < 1.29 is 9.13 Å². The summed E-state index contributed by atoms with van der Waals surface area (Å²) in [6.07, 6.45) is 0. The third kappa shape index (κ3) is 2.22. The molecule has 0 aliphatic carbocycles. The fraction of sp³-hybridized carbons (Fsp3) is 0. The first-order chi connectivity index (χ1) is 8.63. The van der Waals surface area contributed by atoms with E-state index in [-0.39, 0.29) is 27.8 Å². The maximum absolute atomic E-state index is 13.6. The van der Waals surface area contributed by atoms with Gasteiger partial charge in [0.15, 0.2) is 17.3 Å². The predicted molar refractivity (Wildman–Crippen MR) is 67.1 cm³/mol. The molecule has 0 aromatic heterocycles. The molecule has 0 aliphatic heterocycles. The number of anilines is 1. The number of hydrogen-bond donors (Lipinski definition) is 1. The normalized spacial score (nSPS) is 9.83. The van der Waals surface area contributed by atoms with Crippen molar-refractivity contribution in [3.05, 3.63) is 52.8 Å². The summed E-state index contributed by atoms with van der Waals surface area (Å²) in [5.74, 6) is -0.486. The van der Waals surface area contributed by atoms with Crippen LogP contribution in [0.5, 0.6) is 11.5 Å². The summed E-state index contributed by atoms with van der Waals surface area (Å²) in [6.45, 7) is 0. The van der Waals surface area contributed by atoms with Gasteiger partial charge in [-0.2, -0.15) is 5.26 Å². The minimum atomic E-state index is -0.666. The Labute approximate surface area is 108 Å². The molecule has 2 rings (SSSR count). The third-order valence-corrected chi connectivity index (χ3v) is 2.61. The highest BCUT2D eigenvalue weighted by atomic mass is 35.5. The standard InChI is InChI=1S/C13H8ClFN2O/c14-9-4-2-5-10(12(9)15)18-11-6-1-3-8(7-16)13(11)17/h1-6H,17H2. The molecular formula is C13H8ClFN2O. The number of halogens is 2. The van der Waals surface area contributed by atoms with Gasteiger partial charge in [-0.1, -0.05) is 23.7 Å². The molecule has 2 aromatic rings. The summed E-state index contributed by atoms with van der Waals surface area (Å²) in [6, 6.07) is 11.0. The Kier molecular flexibility index (Phi) is 3.35. The maximum Gasteiger partial charge on any atom is 0.184 e. The van der Waals surface area contributed by atoms with Gasteiger partial charge in [0.1, 0.15) is 6.07 Å². The van der Waals surface area contributed by atoms with Gasteiger partial charge in [-0.3, -0.25) is 0 Å². The topological polar surface area (TPSA) is 59.0 Å². The number of para-hydroxylation sites is 1. The van der Waals surface area contributed by atoms with Crippen molar-refractivity contribution in [1.82, 2.24) is 0 Å². The van der Waals surface area contributed by atoms with E-state index in [1.165, 1.54) is 12.1 Å². The molecule has 0 unspecified atom stereocenters. The largest absolute Gasteiger partial charge is 0.452 e. The first-order valence-electron chi connectivity index (χ1n) is 5.04. The summed E-state index contributed by atoms with van der Waals surface area (Å²) in [7, 11) is 0. The summed E-state index contributed by atoms with van der Waals surface area (Å²) in [4.78, 5) is 0. The van der Waals surface area contributed by atoms with E-state index < -0.39 is 5.82 Å². The second-order valence-electron chi connectivity index (χ2n) is 3.48. The summed E-state index contributed by atoms with van der Waals surface area (Å²) in [5.41, 5.74) is 6.17. The first kappa shape index (κ1) is 12.2. The van der Waals surface area contributed by atoms with Crippen LogP contribution < -0.4 is 10.5 Å². The molecule has 2 aromatic carbocycles. The maximum atomic E-state index is 13.6. The number of ether oxygens (including phenoxy) is 1. The Balaban J connectivity index is 2.41. The van der Waals surface area contributed by atoms with Crippen LogP contribution in [-0.4, -0.2) is 0 Å². The lowest BCUT2D eigenvalue weighted by atomic mass is 10.2. The lowest BCUT2D eigenvalue weighted by Gasteiger charge is -2.10. The Morgan fingerprint density at radius 3 is 2.56 bits per heavy atom. The number of hydrogen-bond acceptors (Lipinski definition) is 3. The van der Waals surface area contributed by atoms with E-state index in [2.05, 4.69) is 0 Å². The minimum Gasteiger partial charge on any atom is -0.452 e. The molecule has 90 valence electrons. The number of rotatable bonds is 2. The number of nitrogens with zero attached hydrogens (tertiary/aromatic N) is 1. The monoisotopic (exact) mass is 262 g/mol. The second-order valence-corrected chi connectivity index (χ2v) is 3.89. The number of nitrogen functional groups attached to an aromatic ring is 1. The summed E-state index contributed by atoms with van der Waals surface area (Å²) >= 11 is 5.64. The molecule has 0 amide bonds. The van der Waals surface area contributed by atoms with Crippen LogP contribution in [0.25, 0.3) is 0 Å². The van der Waals surface area contributed by atoms with Gasteiger partial charge in [0, 0.05) is 0 Å². The molecule has 0 aliphatic rings. The van der Waals surface area contributed by atoms with Crippen LogP contribution in [0.1, 0.15) is 5.56 Å². The van der Waals surface area contributed by atoms with E-state index in [9.17, 15) is 4.39 Å². The molecule has 0 atom stereocenters. The Hall–Kier alpha value is -2.25. The smallest absolute Gasteiger partial charge is 0.184 e. The van der Waals surface area contributed by atoms with Crippen molar-refractivity contribution in [2.45, 2.75) is 0 Å². The van der Waals surface area contributed by atoms with Gasteiger partial charge < -0.3 is 10.5 Å². The molecule has 0 bridgehead atoms. The van der Waals surface area contributed by atoms with Gasteiger partial charge in [0.05, 0.1) is 16.3 Å². The van der Waals surface area contributed by atoms with Gasteiger partial charge >= 0.3 is 0 Å². The van der Waals surface area contributed by atoms with Crippen LogP contribution in [0.3, 0.4) is 0 Å². The number of nitrogens with two attached hydrogens (primary N) is 1. The molecule has 0 radical (unpaired) electrons. The van der Waals surface area contributed by atoms with E-state index in [1.54, 1.807) is 24.3 Å². The van der Waals surface area contributed by atoms with Crippen molar-refractivity contribution in [3.8, 4) is 17.6 Å². The van der Waals surface area contributed by atoms with E-state index in [4.69, 9.17) is 27.3 Å². The summed E-state index contributed by atoms with van der Waals surface area (Å²) < 4.78 is 19.0. The minimum absolute atomic E-state index is 0.0377. The van der Waals surface area contributed by atoms with Gasteiger partial charge in [-0.05, 0) is 24.3 Å². The first-order valence-corrected chi connectivity index (χ1v) is 5.41. The molecule has 2 N–H and O–H groups in total. The lowest BCUT2D eigenvalue weighted by Crippen LogP contribution is -1.96. The van der Waals surface area contributed by atoms with Crippen LogP contribution in [0.15, 0.2) is 36.4 Å². The van der Waals surface area contributed by atoms with Crippen LogP contribution in [0.4, 0.5) is 10.1 Å². The van der Waals surface area contributed by atoms with Gasteiger partial charge in [0.2, 0.25) is 0 Å². The Morgan fingerprint density at radius 2 is 1.83 bits per heavy atom. The second kappa shape index (κ2) is 4.94. The highest BCUT2D eigenvalue weighted by Gasteiger charge is 2.11. The molecule has 0 spiro atoms. The fourth-order valence-electron chi connectivity index (χ4n) is 1.41. The van der Waals surface area contributed by atoms with Gasteiger partial charge in [-0.15, -0.1) is 0 Å². The van der Waals surface area contributed by atoms with E-state index >= 15 is 0 Å². The van der Waals surface area contributed by atoms with E-state index in [1.807, 2.05) is 6.07 Å². The van der Waals surface area contributed by atoms with Crippen molar-refractivity contribution in [2.75, 3.05) is 5.73 Å². The average molecular weight is 263 g/mol. The van der Waals surface area contributed by atoms with Crippen LogP contribution >= 0.6 is 11.6 Å². The zero-order valence-corrected chi connectivity index (χ0v) is 9.91. The van der Waals surface area contributed by atoms with Crippen molar-refractivity contribution in [2.24, 2.45) is 0 Å². The average Bonchev–Trinajstić information content (AvgIpc) is 2.37. The van der Waals surface area contributed by atoms with Crippen LogP contribution in [-0.2, 0) is 0 Å². The zero-order chi connectivity index (χ0) is 13.1. The molecule has 0 saturated heterocycles. The summed E-state index contributed by atoms with van der Waals surface area (Å²) in [5, 5.41) is 8.79. The Bertz CT molecular complexity index is 637. The molecule has 0 fully saturated rings. The van der Waals surface area contributed by atoms with E-state index in [0.29, 0.717) is 0 Å². The molecule has 3 nitrogen and oxygen atoms in total. The molecule has 5 heteroatoms. The fourth-order valence-corrected chi connectivity index (χ4v) is 1.58. The number of benzene rings is 2. The SMILES string of the molecule is N#Cc1cccc(Oc2cccc(Cl)c2F)c1N. The van der Waals surface area contributed by atoms with Gasteiger partial charge in [-0.25, -0.2) is 4.39 Å². The third-order valence-electron chi connectivity index (χ3n) is 2.32. The predicted octanol–water partition coefficient (Wildman–Crippen LogP) is 3.73. The van der Waals surface area contributed by atoms with Crippen molar-refractivity contribution >= 4 is 17.3 Å². The molecule has 0 heterocycles. The van der Waals surface area contributed by atoms with Crippen molar-refractivity contribution in [3.63, 3.8) is 0 Å². The van der Waals surface area contributed by atoms with Gasteiger partial charge in [0.25, 0.3) is 0 Å². The molecule has 18 heavy (non-hydrogen) atoms. The molecular weight excluding hydrogens is 255 g/mol.